The molecule has 0 aromatic carbocycles. The smallest absolute Gasteiger partial charge is 0.133 e. The highest BCUT2D eigenvalue weighted by Crippen LogP contribution is 2.34. The topological polar surface area (TPSA) is 38.9 Å². The number of rotatable bonds is 4. The second-order valence-electron chi connectivity index (χ2n) is 4.60. The lowest BCUT2D eigenvalue weighted by Crippen LogP contribution is -2.18. The van der Waals surface area contributed by atoms with Crippen LogP contribution in [0.4, 0.5) is 0 Å². The number of aryl methyl sites for hydroxylation is 1. The number of aromatic nitrogens is 1. The van der Waals surface area contributed by atoms with Crippen molar-refractivity contribution in [3.8, 4) is 9.88 Å². The highest BCUT2D eigenvalue weighted by atomic mass is 32.1. The van der Waals surface area contributed by atoms with Crippen LogP contribution >= 0.6 is 22.7 Å². The van der Waals surface area contributed by atoms with Crippen molar-refractivity contribution < 1.29 is 0 Å². The molecule has 2 aromatic heterocycles. The summed E-state index contributed by atoms with van der Waals surface area (Å²) in [7, 11) is 0. The Morgan fingerprint density at radius 3 is 2.65 bits per heavy atom. The average molecular weight is 266 g/mol. The number of nitrogens with zero attached hydrogens (tertiary/aromatic N) is 1. The summed E-state index contributed by atoms with van der Waals surface area (Å²) in [6.07, 6.45) is 0. The number of thiophene rings is 1. The fraction of sp³-hybridized carbons (Fsp3) is 0.462. The largest absolute Gasteiger partial charge is 0.330 e. The average Bonchev–Trinajstić information content (AvgIpc) is 2.87. The highest BCUT2D eigenvalue weighted by Gasteiger charge is 2.18. The predicted molar refractivity (Wildman–Crippen MR) is 76.8 cm³/mol. The SMILES string of the molecule is Cc1ccsc1-c1nc(C(CN)C(C)C)cs1. The zero-order valence-electron chi connectivity index (χ0n) is 10.4. The van der Waals surface area contributed by atoms with Gasteiger partial charge in [0.25, 0.3) is 0 Å². The Hall–Kier alpha value is -0.710. The Morgan fingerprint density at radius 2 is 2.12 bits per heavy atom. The molecule has 2 rings (SSSR count). The van der Waals surface area contributed by atoms with E-state index in [1.165, 1.54) is 10.4 Å². The van der Waals surface area contributed by atoms with Gasteiger partial charge in [-0.15, -0.1) is 22.7 Å². The normalized spacial score (nSPS) is 13.2. The van der Waals surface area contributed by atoms with E-state index < -0.39 is 0 Å². The lowest BCUT2D eigenvalue weighted by Gasteiger charge is -2.15. The molecule has 4 heteroatoms. The van der Waals surface area contributed by atoms with E-state index in [4.69, 9.17) is 10.7 Å². The molecule has 0 amide bonds. The zero-order valence-corrected chi connectivity index (χ0v) is 12.1. The Morgan fingerprint density at radius 1 is 1.35 bits per heavy atom. The maximum atomic E-state index is 5.83. The molecule has 2 aromatic rings. The molecule has 0 aliphatic heterocycles. The molecule has 0 aliphatic rings. The van der Waals surface area contributed by atoms with Gasteiger partial charge in [-0.3, -0.25) is 0 Å². The van der Waals surface area contributed by atoms with Gasteiger partial charge in [0.1, 0.15) is 5.01 Å². The summed E-state index contributed by atoms with van der Waals surface area (Å²) in [4.78, 5) is 6.05. The lowest BCUT2D eigenvalue weighted by atomic mass is 9.93. The number of hydrogen-bond donors (Lipinski definition) is 1. The van der Waals surface area contributed by atoms with Gasteiger partial charge in [0.05, 0.1) is 10.6 Å². The molecule has 0 radical (unpaired) electrons. The first-order chi connectivity index (χ1) is 8.13. The minimum Gasteiger partial charge on any atom is -0.330 e. The first kappa shape index (κ1) is 12.7. The Bertz CT molecular complexity index is 485. The molecule has 2 nitrogen and oxygen atoms in total. The van der Waals surface area contributed by atoms with Crippen molar-refractivity contribution in [1.82, 2.24) is 4.98 Å². The summed E-state index contributed by atoms with van der Waals surface area (Å²) < 4.78 is 0. The van der Waals surface area contributed by atoms with Crippen LogP contribution in [0, 0.1) is 12.8 Å². The predicted octanol–water partition coefficient (Wildman–Crippen LogP) is 3.88. The van der Waals surface area contributed by atoms with E-state index in [-0.39, 0.29) is 0 Å². The molecule has 17 heavy (non-hydrogen) atoms. The van der Waals surface area contributed by atoms with Crippen molar-refractivity contribution in [3.63, 3.8) is 0 Å². The highest BCUT2D eigenvalue weighted by molar-refractivity contribution is 7.20. The quantitative estimate of drug-likeness (QED) is 0.912. The third-order valence-electron chi connectivity index (χ3n) is 3.02. The molecule has 1 atom stereocenters. The fourth-order valence-corrected chi connectivity index (χ4v) is 3.87. The van der Waals surface area contributed by atoms with Gasteiger partial charge in [-0.25, -0.2) is 4.98 Å². The molecule has 0 saturated carbocycles. The van der Waals surface area contributed by atoms with Gasteiger partial charge in [0.15, 0.2) is 0 Å². The van der Waals surface area contributed by atoms with Crippen LogP contribution in [0.25, 0.3) is 9.88 Å². The van der Waals surface area contributed by atoms with Crippen LogP contribution in [-0.4, -0.2) is 11.5 Å². The molecule has 2 N–H and O–H groups in total. The zero-order chi connectivity index (χ0) is 12.4. The fourth-order valence-electron chi connectivity index (χ4n) is 1.89. The van der Waals surface area contributed by atoms with E-state index in [2.05, 4.69) is 37.6 Å². The summed E-state index contributed by atoms with van der Waals surface area (Å²) in [5, 5.41) is 5.41. The van der Waals surface area contributed by atoms with Crippen molar-refractivity contribution in [3.05, 3.63) is 28.1 Å². The van der Waals surface area contributed by atoms with Crippen LogP contribution in [0.5, 0.6) is 0 Å². The summed E-state index contributed by atoms with van der Waals surface area (Å²) in [6, 6.07) is 2.14. The lowest BCUT2D eigenvalue weighted by molar-refractivity contribution is 0.498. The Balaban J connectivity index is 2.30. The monoisotopic (exact) mass is 266 g/mol. The molecule has 2 heterocycles. The van der Waals surface area contributed by atoms with E-state index in [0.717, 1.165) is 10.7 Å². The van der Waals surface area contributed by atoms with Crippen LogP contribution in [0.2, 0.25) is 0 Å². The number of thiazole rings is 1. The third kappa shape index (κ3) is 2.59. The molecule has 0 saturated heterocycles. The van der Waals surface area contributed by atoms with Gasteiger partial charge in [0, 0.05) is 17.8 Å². The second-order valence-corrected chi connectivity index (χ2v) is 6.37. The first-order valence-corrected chi connectivity index (χ1v) is 7.59. The van der Waals surface area contributed by atoms with Gasteiger partial charge in [-0.2, -0.15) is 0 Å². The van der Waals surface area contributed by atoms with E-state index in [0.29, 0.717) is 18.4 Å². The van der Waals surface area contributed by atoms with Crippen molar-refractivity contribution >= 4 is 22.7 Å². The summed E-state index contributed by atoms with van der Waals surface area (Å²) in [5.74, 6) is 0.916. The summed E-state index contributed by atoms with van der Waals surface area (Å²) in [5.41, 5.74) is 8.29. The van der Waals surface area contributed by atoms with Crippen LogP contribution in [0.3, 0.4) is 0 Å². The molecule has 0 aliphatic carbocycles. The molecule has 0 spiro atoms. The van der Waals surface area contributed by atoms with Gasteiger partial charge < -0.3 is 5.73 Å². The third-order valence-corrected chi connectivity index (χ3v) is 5.05. The second kappa shape index (κ2) is 5.29. The maximum absolute atomic E-state index is 5.83. The van der Waals surface area contributed by atoms with E-state index in [1.807, 2.05) is 0 Å². The van der Waals surface area contributed by atoms with Gasteiger partial charge in [0.2, 0.25) is 0 Å². The minimum absolute atomic E-state index is 0.375. The maximum Gasteiger partial charge on any atom is 0.133 e. The number of hydrogen-bond acceptors (Lipinski definition) is 4. The standard InChI is InChI=1S/C13H18N2S2/c1-8(2)10(6-14)11-7-17-13(15-11)12-9(3)4-5-16-12/h4-5,7-8,10H,6,14H2,1-3H3. The van der Waals surface area contributed by atoms with E-state index >= 15 is 0 Å². The van der Waals surface area contributed by atoms with Crippen LogP contribution in [0.1, 0.15) is 31.0 Å². The molecular weight excluding hydrogens is 248 g/mol. The number of nitrogens with two attached hydrogens (primary N) is 1. The van der Waals surface area contributed by atoms with Gasteiger partial charge in [-0.1, -0.05) is 13.8 Å². The summed E-state index contributed by atoms with van der Waals surface area (Å²) in [6.45, 7) is 7.21. The molecular formula is C13H18N2S2. The van der Waals surface area contributed by atoms with Crippen molar-refractivity contribution in [2.45, 2.75) is 26.7 Å². The van der Waals surface area contributed by atoms with Gasteiger partial charge >= 0.3 is 0 Å². The molecule has 0 fully saturated rings. The van der Waals surface area contributed by atoms with Crippen molar-refractivity contribution in [1.29, 1.82) is 0 Å². The molecule has 1 unspecified atom stereocenters. The van der Waals surface area contributed by atoms with E-state index in [1.54, 1.807) is 22.7 Å². The molecule has 92 valence electrons. The van der Waals surface area contributed by atoms with Gasteiger partial charge in [-0.05, 0) is 29.9 Å². The molecule has 0 bridgehead atoms. The van der Waals surface area contributed by atoms with Crippen molar-refractivity contribution in [2.24, 2.45) is 11.7 Å². The van der Waals surface area contributed by atoms with E-state index in [9.17, 15) is 0 Å². The Labute approximate surface area is 111 Å². The first-order valence-electron chi connectivity index (χ1n) is 5.83. The summed E-state index contributed by atoms with van der Waals surface area (Å²) >= 11 is 3.49. The van der Waals surface area contributed by atoms with Crippen LogP contribution in [-0.2, 0) is 0 Å². The Kier molecular flexibility index (Phi) is 3.97. The van der Waals surface area contributed by atoms with Crippen LogP contribution in [0.15, 0.2) is 16.8 Å². The van der Waals surface area contributed by atoms with Crippen molar-refractivity contribution in [2.75, 3.05) is 6.54 Å². The van der Waals surface area contributed by atoms with Crippen LogP contribution < -0.4 is 5.73 Å². The minimum atomic E-state index is 0.375.